The van der Waals surface area contributed by atoms with Crippen molar-refractivity contribution in [2.24, 2.45) is 0 Å². The predicted octanol–water partition coefficient (Wildman–Crippen LogP) is 1.47. The largest absolute Gasteiger partial charge is 0.507 e. The second kappa shape index (κ2) is 5.75. The molecule has 1 aromatic rings. The molecule has 5 heteroatoms. The van der Waals surface area contributed by atoms with E-state index in [9.17, 15) is 15.0 Å². The van der Waals surface area contributed by atoms with Crippen LogP contribution in [0.4, 0.5) is 0 Å². The molecule has 0 radical (unpaired) electrons. The number of carbonyl (C=O) groups excluding carboxylic acids is 1. The highest BCUT2D eigenvalue weighted by Crippen LogP contribution is 2.27. The molecule has 0 heterocycles. The van der Waals surface area contributed by atoms with Crippen LogP contribution in [0.15, 0.2) is 18.2 Å². The van der Waals surface area contributed by atoms with Gasteiger partial charge in [0.15, 0.2) is 0 Å². The molecular formula is C12H14N2O3. The zero-order chi connectivity index (χ0) is 12.8. The van der Waals surface area contributed by atoms with Gasteiger partial charge in [-0.25, -0.2) is 0 Å². The van der Waals surface area contributed by atoms with E-state index in [1.54, 1.807) is 6.92 Å². The molecule has 1 rings (SSSR count). The van der Waals surface area contributed by atoms with Crippen LogP contribution in [0.1, 0.15) is 23.7 Å². The van der Waals surface area contributed by atoms with Crippen LogP contribution in [0.3, 0.4) is 0 Å². The van der Waals surface area contributed by atoms with Crippen LogP contribution in [0, 0.1) is 11.3 Å². The number of amides is 1. The van der Waals surface area contributed by atoms with E-state index in [2.05, 4.69) is 0 Å². The van der Waals surface area contributed by atoms with Crippen LogP contribution in [-0.4, -0.2) is 34.1 Å². The van der Waals surface area contributed by atoms with Crippen LogP contribution in [0.5, 0.6) is 11.5 Å². The number of nitrogens with zero attached hydrogens (tertiary/aromatic N) is 2. The Bertz CT molecular complexity index is 431. The maximum Gasteiger partial charge on any atom is 0.261 e. The molecule has 0 saturated carbocycles. The maximum atomic E-state index is 12.0. The lowest BCUT2D eigenvalue weighted by Crippen LogP contribution is -2.31. The molecular weight excluding hydrogens is 220 g/mol. The summed E-state index contributed by atoms with van der Waals surface area (Å²) in [5.41, 5.74) is -0.118. The number of aromatic hydroxyl groups is 2. The molecule has 0 saturated heterocycles. The van der Waals surface area contributed by atoms with Crippen LogP contribution in [-0.2, 0) is 0 Å². The normalized spacial score (nSPS) is 9.65. The van der Waals surface area contributed by atoms with Gasteiger partial charge in [0.2, 0.25) is 0 Å². The van der Waals surface area contributed by atoms with E-state index in [4.69, 9.17) is 5.26 Å². The van der Waals surface area contributed by atoms with Gasteiger partial charge in [0.25, 0.3) is 5.91 Å². The highest BCUT2D eigenvalue weighted by atomic mass is 16.3. The summed E-state index contributed by atoms with van der Waals surface area (Å²) >= 11 is 0. The van der Waals surface area contributed by atoms with Crippen molar-refractivity contribution >= 4 is 5.91 Å². The Kier molecular flexibility index (Phi) is 4.35. The minimum absolute atomic E-state index is 0.118. The van der Waals surface area contributed by atoms with E-state index in [1.165, 1.54) is 23.1 Å². The fourth-order valence-electron chi connectivity index (χ4n) is 1.49. The lowest BCUT2D eigenvalue weighted by molar-refractivity contribution is 0.0761. The lowest BCUT2D eigenvalue weighted by Gasteiger charge is -2.20. The van der Waals surface area contributed by atoms with E-state index in [1.807, 2.05) is 6.07 Å². The standard InChI is InChI=1S/C12H14N2O3/c1-2-14(8-4-7-13)12(17)11-9(15)5-3-6-10(11)16/h3,5-6,15-16H,2,4,8H2,1H3. The van der Waals surface area contributed by atoms with Crippen molar-refractivity contribution in [3.8, 4) is 17.6 Å². The number of hydrogen-bond acceptors (Lipinski definition) is 4. The average Bonchev–Trinajstić information content (AvgIpc) is 2.30. The van der Waals surface area contributed by atoms with Gasteiger partial charge < -0.3 is 15.1 Å². The summed E-state index contributed by atoms with van der Waals surface area (Å²) in [6.07, 6.45) is 0.216. The van der Waals surface area contributed by atoms with E-state index in [0.29, 0.717) is 6.54 Å². The van der Waals surface area contributed by atoms with Gasteiger partial charge in [0.05, 0.1) is 12.5 Å². The Morgan fingerprint density at radius 2 is 2.00 bits per heavy atom. The number of phenols is 2. The fourth-order valence-corrected chi connectivity index (χ4v) is 1.49. The Morgan fingerprint density at radius 1 is 1.41 bits per heavy atom. The van der Waals surface area contributed by atoms with Crippen molar-refractivity contribution < 1.29 is 15.0 Å². The van der Waals surface area contributed by atoms with Crippen molar-refractivity contribution in [1.82, 2.24) is 4.90 Å². The van der Waals surface area contributed by atoms with Crippen molar-refractivity contribution in [1.29, 1.82) is 5.26 Å². The molecule has 0 aliphatic heterocycles. The summed E-state index contributed by atoms with van der Waals surface area (Å²) in [5.74, 6) is -0.992. The number of hydrogen-bond donors (Lipinski definition) is 2. The van der Waals surface area contributed by atoms with Crippen LogP contribution < -0.4 is 0 Å². The first kappa shape index (κ1) is 12.8. The average molecular weight is 234 g/mol. The second-order valence-corrected chi connectivity index (χ2v) is 3.46. The highest BCUT2D eigenvalue weighted by molar-refractivity contribution is 5.99. The van der Waals surface area contributed by atoms with Crippen molar-refractivity contribution in [2.75, 3.05) is 13.1 Å². The molecule has 17 heavy (non-hydrogen) atoms. The predicted molar refractivity (Wildman–Crippen MR) is 61.6 cm³/mol. The third kappa shape index (κ3) is 2.88. The summed E-state index contributed by atoms with van der Waals surface area (Å²) in [4.78, 5) is 13.4. The second-order valence-electron chi connectivity index (χ2n) is 3.46. The first-order valence-corrected chi connectivity index (χ1v) is 5.29. The third-order valence-corrected chi connectivity index (χ3v) is 2.40. The number of benzene rings is 1. The molecule has 1 aromatic carbocycles. The molecule has 0 aromatic heterocycles. The monoisotopic (exact) mass is 234 g/mol. The van der Waals surface area contributed by atoms with Gasteiger partial charge in [0.1, 0.15) is 17.1 Å². The molecule has 90 valence electrons. The summed E-state index contributed by atoms with van der Waals surface area (Å²) in [6.45, 7) is 2.46. The number of nitriles is 1. The smallest absolute Gasteiger partial charge is 0.261 e. The molecule has 0 bridgehead atoms. The van der Waals surface area contributed by atoms with E-state index in [0.717, 1.165) is 0 Å². The Labute approximate surface area is 99.5 Å². The maximum absolute atomic E-state index is 12.0. The Hall–Kier alpha value is -2.22. The van der Waals surface area contributed by atoms with Gasteiger partial charge in [-0.15, -0.1) is 0 Å². The molecule has 0 spiro atoms. The Morgan fingerprint density at radius 3 is 2.47 bits per heavy atom. The summed E-state index contributed by atoms with van der Waals surface area (Å²) < 4.78 is 0. The minimum atomic E-state index is -0.474. The van der Waals surface area contributed by atoms with Crippen molar-refractivity contribution in [2.45, 2.75) is 13.3 Å². The van der Waals surface area contributed by atoms with Gasteiger partial charge in [0, 0.05) is 13.1 Å². The zero-order valence-electron chi connectivity index (χ0n) is 9.55. The van der Waals surface area contributed by atoms with Crippen molar-refractivity contribution in [3.05, 3.63) is 23.8 Å². The number of carbonyl (C=O) groups is 1. The van der Waals surface area contributed by atoms with Gasteiger partial charge in [-0.1, -0.05) is 6.07 Å². The minimum Gasteiger partial charge on any atom is -0.507 e. The van der Waals surface area contributed by atoms with Gasteiger partial charge >= 0.3 is 0 Å². The third-order valence-electron chi connectivity index (χ3n) is 2.40. The quantitative estimate of drug-likeness (QED) is 0.826. The van der Waals surface area contributed by atoms with E-state index in [-0.39, 0.29) is 30.0 Å². The number of rotatable bonds is 4. The highest BCUT2D eigenvalue weighted by Gasteiger charge is 2.20. The molecule has 0 unspecified atom stereocenters. The molecule has 0 aliphatic carbocycles. The fraction of sp³-hybridized carbons (Fsp3) is 0.333. The zero-order valence-corrected chi connectivity index (χ0v) is 9.55. The van der Waals surface area contributed by atoms with E-state index < -0.39 is 5.91 Å². The SMILES string of the molecule is CCN(CCC#N)C(=O)c1c(O)cccc1O. The Balaban J connectivity index is 2.98. The molecule has 0 atom stereocenters. The molecule has 5 nitrogen and oxygen atoms in total. The topological polar surface area (TPSA) is 84.6 Å². The molecule has 0 aliphatic rings. The number of phenolic OH excluding ortho intramolecular Hbond substituents is 2. The van der Waals surface area contributed by atoms with Gasteiger partial charge in [-0.3, -0.25) is 4.79 Å². The molecule has 0 fully saturated rings. The van der Waals surface area contributed by atoms with Crippen LogP contribution in [0.25, 0.3) is 0 Å². The summed E-state index contributed by atoms with van der Waals surface area (Å²) in [5, 5.41) is 27.6. The lowest BCUT2D eigenvalue weighted by atomic mass is 10.1. The van der Waals surface area contributed by atoms with Crippen LogP contribution in [0.2, 0.25) is 0 Å². The first-order chi connectivity index (χ1) is 8.11. The summed E-state index contributed by atoms with van der Waals surface area (Å²) in [7, 11) is 0. The van der Waals surface area contributed by atoms with Gasteiger partial charge in [-0.05, 0) is 19.1 Å². The van der Waals surface area contributed by atoms with Crippen LogP contribution >= 0.6 is 0 Å². The summed E-state index contributed by atoms with van der Waals surface area (Å²) in [6, 6.07) is 6.08. The van der Waals surface area contributed by atoms with E-state index >= 15 is 0 Å². The van der Waals surface area contributed by atoms with Crippen molar-refractivity contribution in [3.63, 3.8) is 0 Å². The molecule has 2 N–H and O–H groups in total. The molecule has 1 amide bonds. The first-order valence-electron chi connectivity index (χ1n) is 5.29. The van der Waals surface area contributed by atoms with Gasteiger partial charge in [-0.2, -0.15) is 5.26 Å².